The van der Waals surface area contributed by atoms with E-state index in [9.17, 15) is 0 Å². The highest BCUT2D eigenvalue weighted by molar-refractivity contribution is 6.08. The molecule has 6 aromatic carbocycles. The van der Waals surface area contributed by atoms with Gasteiger partial charge < -0.3 is 19.1 Å². The second-order valence-electron chi connectivity index (χ2n) is 12.4. The van der Waals surface area contributed by atoms with E-state index in [1.54, 1.807) is 6.20 Å². The van der Waals surface area contributed by atoms with Gasteiger partial charge >= 0.3 is 0 Å². The van der Waals surface area contributed by atoms with E-state index in [2.05, 4.69) is 149 Å². The topological polar surface area (TPSA) is 54.4 Å². The van der Waals surface area contributed by atoms with Gasteiger partial charge in [0.05, 0.1) is 11.1 Å². The van der Waals surface area contributed by atoms with Crippen LogP contribution in [0, 0.1) is 0 Å². The van der Waals surface area contributed by atoms with Gasteiger partial charge in [0, 0.05) is 40.5 Å². The average molecular weight is 632 g/mol. The summed E-state index contributed by atoms with van der Waals surface area (Å²) in [6, 6.07) is 49.4. The van der Waals surface area contributed by atoms with Crippen molar-refractivity contribution in [1.29, 1.82) is 0 Å². The Morgan fingerprint density at radius 3 is 2.35 bits per heavy atom. The molecular formula is C44H29N3O2. The van der Waals surface area contributed by atoms with Crippen LogP contribution >= 0.6 is 0 Å². The van der Waals surface area contributed by atoms with Crippen LogP contribution in [0.15, 0.2) is 161 Å². The number of nitrogens with one attached hydrogen (secondary N) is 1. The molecule has 5 heteroatoms. The van der Waals surface area contributed by atoms with Crippen molar-refractivity contribution in [1.82, 2.24) is 4.98 Å². The molecule has 0 radical (unpaired) electrons. The molecule has 3 aromatic heterocycles. The minimum Gasteiger partial charge on any atom is -0.440 e. The predicted octanol–water partition coefficient (Wildman–Crippen LogP) is 12.1. The lowest BCUT2D eigenvalue weighted by Gasteiger charge is -2.27. The molecule has 9 aromatic rings. The molecule has 0 saturated heterocycles. The molecule has 0 spiro atoms. The molecule has 49 heavy (non-hydrogen) atoms. The van der Waals surface area contributed by atoms with Crippen molar-refractivity contribution in [2.45, 2.75) is 0 Å². The Bertz CT molecular complexity index is 2720. The Morgan fingerprint density at radius 1 is 0.592 bits per heavy atom. The van der Waals surface area contributed by atoms with Crippen LogP contribution in [0.5, 0.6) is 0 Å². The Kier molecular flexibility index (Phi) is 6.18. The molecule has 0 atom stereocenters. The van der Waals surface area contributed by atoms with Crippen molar-refractivity contribution >= 4 is 72.8 Å². The van der Waals surface area contributed by atoms with E-state index in [4.69, 9.17) is 8.83 Å². The predicted molar refractivity (Wildman–Crippen MR) is 202 cm³/mol. The Morgan fingerprint density at radius 2 is 1.43 bits per heavy atom. The summed E-state index contributed by atoms with van der Waals surface area (Å²) >= 11 is 0. The second-order valence-corrected chi connectivity index (χ2v) is 12.4. The molecule has 0 bridgehead atoms. The van der Waals surface area contributed by atoms with Crippen LogP contribution in [0.3, 0.4) is 0 Å². The maximum atomic E-state index is 6.32. The average Bonchev–Trinajstić information content (AvgIpc) is 3.74. The first-order valence-electron chi connectivity index (χ1n) is 16.5. The zero-order valence-corrected chi connectivity index (χ0v) is 26.4. The van der Waals surface area contributed by atoms with E-state index in [1.165, 1.54) is 27.5 Å². The SMILES string of the molecule is C1=Cc2c(oc3cccc(N(c4ccc(-c5cc(-c6ccccc6)cc6ccccc56)cc4)c4ccc5oc6ncccc6c5c4)c23)NC1. The number of furan rings is 2. The maximum absolute atomic E-state index is 6.32. The van der Waals surface area contributed by atoms with E-state index in [0.29, 0.717) is 5.71 Å². The first kappa shape index (κ1) is 27.5. The van der Waals surface area contributed by atoms with Gasteiger partial charge in [-0.2, -0.15) is 0 Å². The maximum Gasteiger partial charge on any atom is 0.227 e. The fourth-order valence-electron chi connectivity index (χ4n) is 7.26. The second kappa shape index (κ2) is 11.0. The number of hydrogen-bond acceptors (Lipinski definition) is 5. The van der Waals surface area contributed by atoms with Crippen LogP contribution in [0.4, 0.5) is 22.9 Å². The first-order valence-corrected chi connectivity index (χ1v) is 16.5. The molecule has 10 rings (SSSR count). The fourth-order valence-corrected chi connectivity index (χ4v) is 7.26. The number of fused-ring (bicyclic) bond motifs is 7. The summed E-state index contributed by atoms with van der Waals surface area (Å²) in [5.74, 6) is 0.799. The van der Waals surface area contributed by atoms with Crippen LogP contribution in [0.1, 0.15) is 5.56 Å². The summed E-state index contributed by atoms with van der Waals surface area (Å²) in [5.41, 5.74) is 11.2. The molecule has 0 saturated carbocycles. The lowest BCUT2D eigenvalue weighted by atomic mass is 9.93. The monoisotopic (exact) mass is 631 g/mol. The van der Waals surface area contributed by atoms with Gasteiger partial charge in [0.1, 0.15) is 11.2 Å². The van der Waals surface area contributed by atoms with Crippen molar-refractivity contribution in [3.8, 4) is 22.3 Å². The van der Waals surface area contributed by atoms with Crippen LogP contribution in [0.2, 0.25) is 0 Å². The van der Waals surface area contributed by atoms with E-state index < -0.39 is 0 Å². The van der Waals surface area contributed by atoms with Gasteiger partial charge in [0.2, 0.25) is 11.6 Å². The van der Waals surface area contributed by atoms with Crippen molar-refractivity contribution in [2.24, 2.45) is 0 Å². The third-order valence-electron chi connectivity index (χ3n) is 9.53. The Hall–Kier alpha value is -6.59. The van der Waals surface area contributed by atoms with Crippen LogP contribution in [-0.4, -0.2) is 11.5 Å². The van der Waals surface area contributed by atoms with Gasteiger partial charge in [0.25, 0.3) is 0 Å². The number of aromatic nitrogens is 1. The lowest BCUT2D eigenvalue weighted by molar-refractivity contribution is 0.628. The van der Waals surface area contributed by atoms with Gasteiger partial charge in [-0.25, -0.2) is 4.98 Å². The molecule has 1 aliphatic heterocycles. The number of nitrogens with zero attached hydrogens (tertiary/aromatic N) is 2. The smallest absolute Gasteiger partial charge is 0.227 e. The van der Waals surface area contributed by atoms with Gasteiger partial charge in [-0.15, -0.1) is 0 Å². The normalized spacial score (nSPS) is 12.5. The zero-order valence-electron chi connectivity index (χ0n) is 26.4. The van der Waals surface area contributed by atoms with Gasteiger partial charge in [0.15, 0.2) is 0 Å². The Balaban J connectivity index is 1.17. The number of rotatable bonds is 5. The van der Waals surface area contributed by atoms with Gasteiger partial charge in [-0.05, 0) is 99.8 Å². The highest BCUT2D eigenvalue weighted by atomic mass is 16.4. The molecular weight excluding hydrogens is 603 g/mol. The fraction of sp³-hybridized carbons (Fsp3) is 0.0227. The third kappa shape index (κ3) is 4.51. The summed E-state index contributed by atoms with van der Waals surface area (Å²) in [6.07, 6.45) is 6.06. The summed E-state index contributed by atoms with van der Waals surface area (Å²) in [6.45, 7) is 0.742. The Labute approximate surface area is 282 Å². The molecule has 0 fully saturated rings. The highest BCUT2D eigenvalue weighted by Gasteiger charge is 2.23. The van der Waals surface area contributed by atoms with Crippen LogP contribution < -0.4 is 10.2 Å². The molecule has 0 aliphatic carbocycles. The van der Waals surface area contributed by atoms with Crippen LogP contribution in [-0.2, 0) is 0 Å². The third-order valence-corrected chi connectivity index (χ3v) is 9.53. The van der Waals surface area contributed by atoms with Crippen molar-refractivity contribution in [3.05, 3.63) is 157 Å². The van der Waals surface area contributed by atoms with Crippen molar-refractivity contribution in [2.75, 3.05) is 16.8 Å². The largest absolute Gasteiger partial charge is 0.440 e. The van der Waals surface area contributed by atoms with Crippen molar-refractivity contribution in [3.63, 3.8) is 0 Å². The molecule has 0 unspecified atom stereocenters. The highest BCUT2D eigenvalue weighted by Crippen LogP contribution is 2.46. The summed E-state index contributed by atoms with van der Waals surface area (Å²) in [5, 5.41) is 8.93. The minimum atomic E-state index is 0.637. The van der Waals surface area contributed by atoms with E-state index in [0.717, 1.165) is 67.9 Å². The zero-order chi connectivity index (χ0) is 32.3. The van der Waals surface area contributed by atoms with E-state index in [-0.39, 0.29) is 0 Å². The summed E-state index contributed by atoms with van der Waals surface area (Å²) in [7, 11) is 0. The number of hydrogen-bond donors (Lipinski definition) is 1. The molecule has 4 heterocycles. The summed E-state index contributed by atoms with van der Waals surface area (Å²) in [4.78, 5) is 6.79. The molecule has 232 valence electrons. The van der Waals surface area contributed by atoms with Crippen LogP contribution in [0.25, 0.3) is 72.1 Å². The standard InChI is InChI=1S/C44H29N3O2/c1-2-9-28(10-3-1)31-25-30-11-4-5-12-34(30)37(26-31)29-17-19-32(20-18-29)47(33-21-22-40-38(27-33)35-13-7-23-45-43(35)48-40)39-15-6-16-41-42(39)36-14-8-24-46-44(36)49-41/h1-23,25-27,46H,24H2. The number of pyridine rings is 1. The first-order chi connectivity index (χ1) is 24.3. The summed E-state index contributed by atoms with van der Waals surface area (Å²) < 4.78 is 12.4. The van der Waals surface area contributed by atoms with E-state index >= 15 is 0 Å². The molecule has 5 nitrogen and oxygen atoms in total. The molecule has 1 aliphatic rings. The molecule has 0 amide bonds. The number of anilines is 4. The van der Waals surface area contributed by atoms with Gasteiger partial charge in [-0.3, -0.25) is 0 Å². The lowest BCUT2D eigenvalue weighted by Crippen LogP contribution is -2.10. The quantitative estimate of drug-likeness (QED) is 0.205. The van der Waals surface area contributed by atoms with Gasteiger partial charge in [-0.1, -0.05) is 84.9 Å². The van der Waals surface area contributed by atoms with E-state index in [1.807, 2.05) is 18.2 Å². The minimum absolute atomic E-state index is 0.637. The molecule has 1 N–H and O–H groups in total. The number of benzene rings is 6. The van der Waals surface area contributed by atoms with Crippen molar-refractivity contribution < 1.29 is 8.83 Å².